The first-order valence-corrected chi connectivity index (χ1v) is 7.59. The Hall–Kier alpha value is -2.37. The lowest BCUT2D eigenvalue weighted by Gasteiger charge is -2.23. The van der Waals surface area contributed by atoms with Gasteiger partial charge in [0, 0.05) is 6.54 Å². The Balaban J connectivity index is 1.54. The topological polar surface area (TPSA) is 78.5 Å². The van der Waals surface area contributed by atoms with Crippen LogP contribution in [-0.2, 0) is 16.0 Å². The molecule has 114 valence electrons. The molecule has 22 heavy (non-hydrogen) atoms. The monoisotopic (exact) mass is 299 g/mol. The number of fused-ring (bicyclic) bond motifs is 1. The van der Waals surface area contributed by atoms with Gasteiger partial charge >= 0.3 is 6.03 Å². The van der Waals surface area contributed by atoms with E-state index in [1.807, 2.05) is 18.2 Å². The Bertz CT molecular complexity index is 687. The van der Waals surface area contributed by atoms with Crippen molar-refractivity contribution in [1.29, 1.82) is 0 Å². The number of nitrogens with one attached hydrogen (secondary N) is 2. The van der Waals surface area contributed by atoms with Crippen molar-refractivity contribution < 1.29 is 14.4 Å². The number of hydrogen-bond acceptors (Lipinski definition) is 3. The normalized spacial score (nSPS) is 29.6. The third kappa shape index (κ3) is 1.83. The number of benzene rings is 1. The van der Waals surface area contributed by atoms with E-state index in [0.29, 0.717) is 13.0 Å². The average Bonchev–Trinajstić information content (AvgIpc) is 3.17. The summed E-state index contributed by atoms with van der Waals surface area (Å²) in [6.07, 6.45) is 2.22. The lowest BCUT2D eigenvalue weighted by Crippen LogP contribution is -2.50. The van der Waals surface area contributed by atoms with E-state index in [0.717, 1.165) is 18.4 Å². The van der Waals surface area contributed by atoms with Crippen molar-refractivity contribution in [3.05, 3.63) is 35.4 Å². The van der Waals surface area contributed by atoms with E-state index >= 15 is 0 Å². The SMILES string of the molecule is O=C1NC(=O)[C@]2(CCN(C(=O)[C@H]3CCc4ccccc43)C2)N1. The van der Waals surface area contributed by atoms with E-state index in [4.69, 9.17) is 0 Å². The van der Waals surface area contributed by atoms with Gasteiger partial charge in [-0.25, -0.2) is 4.79 Å². The van der Waals surface area contributed by atoms with E-state index in [1.165, 1.54) is 5.56 Å². The van der Waals surface area contributed by atoms with Gasteiger partial charge in [0.2, 0.25) is 5.91 Å². The smallest absolute Gasteiger partial charge is 0.322 e. The van der Waals surface area contributed by atoms with Crippen LogP contribution >= 0.6 is 0 Å². The maximum absolute atomic E-state index is 12.8. The summed E-state index contributed by atoms with van der Waals surface area (Å²) >= 11 is 0. The van der Waals surface area contributed by atoms with Gasteiger partial charge in [-0.05, 0) is 30.4 Å². The van der Waals surface area contributed by atoms with Gasteiger partial charge in [-0.3, -0.25) is 14.9 Å². The molecule has 1 spiro atoms. The van der Waals surface area contributed by atoms with Crippen molar-refractivity contribution in [3.63, 3.8) is 0 Å². The Labute approximate surface area is 127 Å². The Morgan fingerprint density at radius 2 is 2.09 bits per heavy atom. The quantitative estimate of drug-likeness (QED) is 0.742. The van der Waals surface area contributed by atoms with Crippen molar-refractivity contribution in [2.45, 2.75) is 30.7 Å². The minimum atomic E-state index is -0.926. The number of imide groups is 1. The molecule has 1 aromatic carbocycles. The Morgan fingerprint density at radius 1 is 1.27 bits per heavy atom. The standard InChI is InChI=1S/C16H17N3O3/c20-13(12-6-5-10-3-1-2-4-11(10)12)19-8-7-16(9-19)14(21)17-15(22)18-16/h1-4,12H,5-9H2,(H2,17,18,21,22)/t12-,16+/m0/s1. The number of likely N-dealkylation sites (tertiary alicyclic amines) is 1. The summed E-state index contributed by atoms with van der Waals surface area (Å²) in [5, 5.41) is 4.95. The molecule has 1 aliphatic carbocycles. The summed E-state index contributed by atoms with van der Waals surface area (Å²) in [6.45, 7) is 0.771. The maximum Gasteiger partial charge on any atom is 0.322 e. The predicted molar refractivity (Wildman–Crippen MR) is 78.1 cm³/mol. The highest BCUT2D eigenvalue weighted by Gasteiger charge is 2.52. The zero-order valence-electron chi connectivity index (χ0n) is 12.1. The molecule has 2 aliphatic heterocycles. The predicted octanol–water partition coefficient (Wildman–Crippen LogP) is 0.527. The highest BCUT2D eigenvalue weighted by Crippen LogP contribution is 2.36. The van der Waals surface area contributed by atoms with Gasteiger partial charge in [-0.2, -0.15) is 0 Å². The molecule has 0 saturated carbocycles. The molecule has 2 heterocycles. The molecule has 6 nitrogen and oxygen atoms in total. The highest BCUT2D eigenvalue weighted by atomic mass is 16.2. The van der Waals surface area contributed by atoms with E-state index < -0.39 is 11.6 Å². The molecule has 2 N–H and O–H groups in total. The van der Waals surface area contributed by atoms with Crippen LogP contribution in [0.3, 0.4) is 0 Å². The molecule has 6 heteroatoms. The number of urea groups is 1. The summed E-state index contributed by atoms with van der Waals surface area (Å²) in [6, 6.07) is 7.57. The molecule has 0 bridgehead atoms. The van der Waals surface area contributed by atoms with Crippen LogP contribution in [0.5, 0.6) is 0 Å². The number of aryl methyl sites for hydroxylation is 1. The summed E-state index contributed by atoms with van der Waals surface area (Å²) < 4.78 is 0. The second-order valence-corrected chi connectivity index (χ2v) is 6.29. The van der Waals surface area contributed by atoms with E-state index in [2.05, 4.69) is 16.7 Å². The van der Waals surface area contributed by atoms with Gasteiger partial charge in [0.25, 0.3) is 5.91 Å². The Kier molecular flexibility index (Phi) is 2.76. The van der Waals surface area contributed by atoms with Gasteiger partial charge in [-0.15, -0.1) is 0 Å². The largest absolute Gasteiger partial charge is 0.339 e. The number of amides is 4. The fourth-order valence-corrected chi connectivity index (χ4v) is 3.85. The minimum absolute atomic E-state index is 0.0655. The van der Waals surface area contributed by atoms with Crippen LogP contribution in [-0.4, -0.2) is 41.4 Å². The lowest BCUT2D eigenvalue weighted by atomic mass is 9.98. The van der Waals surface area contributed by atoms with Gasteiger partial charge in [0.05, 0.1) is 12.5 Å². The van der Waals surface area contributed by atoms with E-state index in [1.54, 1.807) is 4.90 Å². The van der Waals surface area contributed by atoms with Crippen molar-refractivity contribution in [1.82, 2.24) is 15.5 Å². The number of carbonyl (C=O) groups is 3. The van der Waals surface area contributed by atoms with Crippen LogP contribution in [0.15, 0.2) is 24.3 Å². The molecular formula is C16H17N3O3. The molecule has 3 aliphatic rings. The van der Waals surface area contributed by atoms with Crippen LogP contribution in [0.25, 0.3) is 0 Å². The van der Waals surface area contributed by atoms with Crippen LogP contribution in [0.2, 0.25) is 0 Å². The average molecular weight is 299 g/mol. The fourth-order valence-electron chi connectivity index (χ4n) is 3.85. The van der Waals surface area contributed by atoms with Gasteiger partial charge in [0.1, 0.15) is 5.54 Å². The summed E-state index contributed by atoms with van der Waals surface area (Å²) in [5.41, 5.74) is 1.42. The molecule has 2 saturated heterocycles. The third-order valence-corrected chi connectivity index (χ3v) is 5.03. The lowest BCUT2D eigenvalue weighted by molar-refractivity contribution is -0.132. The second kappa shape index (κ2) is 4.56. The minimum Gasteiger partial charge on any atom is -0.339 e. The maximum atomic E-state index is 12.8. The van der Waals surface area contributed by atoms with Crippen LogP contribution in [0.1, 0.15) is 29.9 Å². The van der Waals surface area contributed by atoms with Gasteiger partial charge in [0.15, 0.2) is 0 Å². The number of rotatable bonds is 1. The summed E-state index contributed by atoms with van der Waals surface area (Å²) in [5.74, 6) is -0.373. The number of carbonyl (C=O) groups excluding carboxylic acids is 3. The Morgan fingerprint density at radius 3 is 2.86 bits per heavy atom. The molecule has 0 radical (unpaired) electrons. The zero-order valence-corrected chi connectivity index (χ0v) is 12.1. The van der Waals surface area contributed by atoms with Crippen LogP contribution in [0.4, 0.5) is 4.79 Å². The molecular weight excluding hydrogens is 282 g/mol. The summed E-state index contributed by atoms with van der Waals surface area (Å²) in [7, 11) is 0. The molecule has 4 rings (SSSR count). The van der Waals surface area contributed by atoms with Gasteiger partial charge in [-0.1, -0.05) is 24.3 Å². The van der Waals surface area contributed by atoms with E-state index in [-0.39, 0.29) is 24.3 Å². The number of hydrogen-bond donors (Lipinski definition) is 2. The first-order chi connectivity index (χ1) is 10.6. The first-order valence-electron chi connectivity index (χ1n) is 7.59. The van der Waals surface area contributed by atoms with E-state index in [9.17, 15) is 14.4 Å². The van der Waals surface area contributed by atoms with Crippen molar-refractivity contribution in [3.8, 4) is 0 Å². The second-order valence-electron chi connectivity index (χ2n) is 6.29. The highest BCUT2D eigenvalue weighted by molar-refractivity contribution is 6.07. The number of nitrogens with zero attached hydrogens (tertiary/aromatic N) is 1. The molecule has 0 aromatic heterocycles. The summed E-state index contributed by atoms with van der Waals surface area (Å²) in [4.78, 5) is 37.9. The van der Waals surface area contributed by atoms with Crippen molar-refractivity contribution in [2.75, 3.05) is 13.1 Å². The molecule has 4 amide bonds. The fraction of sp³-hybridized carbons (Fsp3) is 0.438. The third-order valence-electron chi connectivity index (χ3n) is 5.03. The van der Waals surface area contributed by atoms with Crippen LogP contribution < -0.4 is 10.6 Å². The van der Waals surface area contributed by atoms with Gasteiger partial charge < -0.3 is 10.2 Å². The first kappa shape index (κ1) is 13.3. The zero-order chi connectivity index (χ0) is 15.3. The molecule has 2 atom stereocenters. The molecule has 2 fully saturated rings. The van der Waals surface area contributed by atoms with Crippen molar-refractivity contribution >= 4 is 17.8 Å². The molecule has 0 unspecified atom stereocenters. The van der Waals surface area contributed by atoms with Crippen LogP contribution in [0, 0.1) is 0 Å². The molecule has 1 aromatic rings. The van der Waals surface area contributed by atoms with Crippen molar-refractivity contribution in [2.24, 2.45) is 0 Å².